The Balaban J connectivity index is 2.52. The number of rotatable bonds is 5. The molecule has 104 valence electrons. The minimum atomic E-state index is -1.04. The number of carbonyl (C=O) groups is 2. The van der Waals surface area contributed by atoms with E-state index < -0.39 is 18.0 Å². The zero-order valence-electron chi connectivity index (χ0n) is 11.3. The Kier molecular flexibility index (Phi) is 5.29. The van der Waals surface area contributed by atoms with Crippen LogP contribution in [0.5, 0.6) is 0 Å². The third-order valence-corrected chi connectivity index (χ3v) is 2.81. The van der Waals surface area contributed by atoms with Crippen LogP contribution in [0.15, 0.2) is 18.5 Å². The number of aliphatic carboxylic acids is 1. The van der Waals surface area contributed by atoms with Gasteiger partial charge in [-0.15, -0.1) is 0 Å². The molecular weight excluding hydrogens is 246 g/mol. The molecule has 6 heteroatoms. The van der Waals surface area contributed by atoms with Gasteiger partial charge in [0.05, 0.1) is 0 Å². The van der Waals surface area contributed by atoms with Gasteiger partial charge in [0.1, 0.15) is 6.04 Å². The van der Waals surface area contributed by atoms with E-state index in [9.17, 15) is 9.59 Å². The van der Waals surface area contributed by atoms with Crippen LogP contribution in [0.2, 0.25) is 0 Å². The summed E-state index contributed by atoms with van der Waals surface area (Å²) < 4.78 is 0. The van der Waals surface area contributed by atoms with Crippen LogP contribution in [0, 0.1) is 12.8 Å². The van der Waals surface area contributed by atoms with Crippen molar-refractivity contribution in [2.75, 3.05) is 0 Å². The minimum absolute atomic E-state index is 0.177. The van der Waals surface area contributed by atoms with E-state index >= 15 is 0 Å². The second kappa shape index (κ2) is 6.72. The highest BCUT2D eigenvalue weighted by Gasteiger charge is 2.23. The van der Waals surface area contributed by atoms with Crippen molar-refractivity contribution in [2.24, 2.45) is 5.92 Å². The third-order valence-electron chi connectivity index (χ3n) is 2.81. The number of nitrogens with one attached hydrogen (secondary N) is 2. The van der Waals surface area contributed by atoms with Crippen molar-refractivity contribution in [3.8, 4) is 0 Å². The Hall–Kier alpha value is -2.11. The highest BCUT2D eigenvalue weighted by Crippen LogP contribution is 2.04. The van der Waals surface area contributed by atoms with E-state index in [2.05, 4.69) is 15.6 Å². The van der Waals surface area contributed by atoms with Gasteiger partial charge in [0.2, 0.25) is 0 Å². The molecule has 1 aromatic rings. The van der Waals surface area contributed by atoms with Gasteiger partial charge in [-0.1, -0.05) is 13.8 Å². The number of aryl methyl sites for hydroxylation is 1. The summed E-state index contributed by atoms with van der Waals surface area (Å²) in [6.07, 6.45) is 3.35. The topological polar surface area (TPSA) is 91.3 Å². The molecule has 0 bridgehead atoms. The number of pyridine rings is 1. The first-order valence-corrected chi connectivity index (χ1v) is 6.08. The highest BCUT2D eigenvalue weighted by atomic mass is 16.4. The molecule has 1 atom stereocenters. The lowest BCUT2D eigenvalue weighted by molar-refractivity contribution is -0.140. The second-order valence-electron chi connectivity index (χ2n) is 4.69. The zero-order chi connectivity index (χ0) is 14.4. The SMILES string of the molecule is Cc1ccncc1CNC(=O)NC(C(=O)O)C(C)C. The summed E-state index contributed by atoms with van der Waals surface area (Å²) in [6.45, 7) is 5.72. The smallest absolute Gasteiger partial charge is 0.326 e. The summed E-state index contributed by atoms with van der Waals surface area (Å²) in [5.74, 6) is -1.22. The van der Waals surface area contributed by atoms with E-state index in [0.717, 1.165) is 11.1 Å². The van der Waals surface area contributed by atoms with Crippen LogP contribution in [0.3, 0.4) is 0 Å². The van der Waals surface area contributed by atoms with Crippen molar-refractivity contribution in [3.63, 3.8) is 0 Å². The molecule has 1 heterocycles. The van der Waals surface area contributed by atoms with Crippen molar-refractivity contribution in [2.45, 2.75) is 33.4 Å². The van der Waals surface area contributed by atoms with Crippen molar-refractivity contribution in [3.05, 3.63) is 29.6 Å². The molecule has 0 radical (unpaired) electrons. The molecule has 1 rings (SSSR count). The fourth-order valence-electron chi connectivity index (χ4n) is 1.56. The third kappa shape index (κ3) is 4.57. The average molecular weight is 265 g/mol. The molecule has 0 aliphatic rings. The predicted molar refractivity (Wildman–Crippen MR) is 70.6 cm³/mol. The summed E-state index contributed by atoms with van der Waals surface area (Å²) >= 11 is 0. The molecular formula is C13H19N3O3. The first-order chi connectivity index (χ1) is 8.91. The van der Waals surface area contributed by atoms with Gasteiger partial charge in [0.25, 0.3) is 0 Å². The number of nitrogens with zero attached hydrogens (tertiary/aromatic N) is 1. The molecule has 0 spiro atoms. The molecule has 1 unspecified atom stereocenters. The number of aromatic nitrogens is 1. The Morgan fingerprint density at radius 1 is 1.42 bits per heavy atom. The van der Waals surface area contributed by atoms with Gasteiger partial charge < -0.3 is 15.7 Å². The maximum absolute atomic E-state index is 11.6. The van der Waals surface area contributed by atoms with E-state index in [1.807, 2.05) is 13.0 Å². The van der Waals surface area contributed by atoms with Gasteiger partial charge in [-0.05, 0) is 30.0 Å². The number of carbonyl (C=O) groups excluding carboxylic acids is 1. The van der Waals surface area contributed by atoms with Crippen molar-refractivity contribution < 1.29 is 14.7 Å². The molecule has 0 aliphatic carbocycles. The van der Waals surface area contributed by atoms with Gasteiger partial charge in [-0.3, -0.25) is 4.98 Å². The summed E-state index contributed by atoms with van der Waals surface area (Å²) in [6, 6.07) is 0.461. The number of hydrogen-bond acceptors (Lipinski definition) is 3. The monoisotopic (exact) mass is 265 g/mol. The fraction of sp³-hybridized carbons (Fsp3) is 0.462. The summed E-state index contributed by atoms with van der Waals surface area (Å²) in [5, 5.41) is 14.0. The molecule has 19 heavy (non-hydrogen) atoms. The van der Waals surface area contributed by atoms with E-state index in [1.54, 1.807) is 26.2 Å². The number of carboxylic acid groups (broad SMARTS) is 1. The highest BCUT2D eigenvalue weighted by molar-refractivity contribution is 5.82. The molecule has 0 saturated heterocycles. The van der Waals surface area contributed by atoms with Crippen LogP contribution in [0.1, 0.15) is 25.0 Å². The van der Waals surface area contributed by atoms with Gasteiger partial charge in [0, 0.05) is 18.9 Å². The van der Waals surface area contributed by atoms with Crippen LogP contribution in [-0.2, 0) is 11.3 Å². The number of urea groups is 1. The Morgan fingerprint density at radius 2 is 2.11 bits per heavy atom. The second-order valence-corrected chi connectivity index (χ2v) is 4.69. The summed E-state index contributed by atoms with van der Waals surface area (Å²) in [7, 11) is 0. The van der Waals surface area contributed by atoms with Crippen LogP contribution in [-0.4, -0.2) is 28.1 Å². The molecule has 1 aromatic heterocycles. The van der Waals surface area contributed by atoms with Crippen molar-refractivity contribution >= 4 is 12.0 Å². The first kappa shape index (κ1) is 14.9. The zero-order valence-corrected chi connectivity index (χ0v) is 11.3. The van der Waals surface area contributed by atoms with E-state index in [1.165, 1.54) is 0 Å². The first-order valence-electron chi connectivity index (χ1n) is 6.08. The molecule has 0 saturated carbocycles. The Bertz CT molecular complexity index is 460. The molecule has 3 N–H and O–H groups in total. The standard InChI is InChI=1S/C13H19N3O3/c1-8(2)11(12(17)18)16-13(19)15-7-10-6-14-5-4-9(10)3/h4-6,8,11H,7H2,1-3H3,(H,17,18)(H2,15,16,19). The fourth-order valence-corrected chi connectivity index (χ4v) is 1.56. The molecule has 0 aliphatic heterocycles. The van der Waals surface area contributed by atoms with Crippen LogP contribution in [0.4, 0.5) is 4.79 Å². The van der Waals surface area contributed by atoms with E-state index in [-0.39, 0.29) is 5.92 Å². The lowest BCUT2D eigenvalue weighted by Crippen LogP contribution is -2.48. The molecule has 6 nitrogen and oxygen atoms in total. The lowest BCUT2D eigenvalue weighted by Gasteiger charge is -2.18. The van der Waals surface area contributed by atoms with Crippen LogP contribution < -0.4 is 10.6 Å². The Labute approximate surface area is 112 Å². The van der Waals surface area contributed by atoms with Gasteiger partial charge >= 0.3 is 12.0 Å². The normalized spacial score (nSPS) is 12.0. The van der Waals surface area contributed by atoms with E-state index in [4.69, 9.17) is 5.11 Å². The van der Waals surface area contributed by atoms with Crippen LogP contribution in [0.25, 0.3) is 0 Å². The molecule has 2 amide bonds. The average Bonchev–Trinajstić information content (AvgIpc) is 2.34. The lowest BCUT2D eigenvalue weighted by atomic mass is 10.1. The van der Waals surface area contributed by atoms with Crippen molar-refractivity contribution in [1.82, 2.24) is 15.6 Å². The Morgan fingerprint density at radius 3 is 2.63 bits per heavy atom. The van der Waals surface area contributed by atoms with Gasteiger partial charge in [0.15, 0.2) is 0 Å². The van der Waals surface area contributed by atoms with Gasteiger partial charge in [-0.25, -0.2) is 9.59 Å². The maximum Gasteiger partial charge on any atom is 0.326 e. The largest absolute Gasteiger partial charge is 0.480 e. The summed E-state index contributed by atoms with van der Waals surface area (Å²) in [4.78, 5) is 26.6. The molecule has 0 aromatic carbocycles. The minimum Gasteiger partial charge on any atom is -0.480 e. The number of carboxylic acids is 1. The number of amides is 2. The summed E-state index contributed by atoms with van der Waals surface area (Å²) in [5.41, 5.74) is 1.92. The predicted octanol–water partition coefficient (Wildman–Crippen LogP) is 1.30. The van der Waals surface area contributed by atoms with Crippen LogP contribution >= 0.6 is 0 Å². The molecule has 0 fully saturated rings. The van der Waals surface area contributed by atoms with Crippen molar-refractivity contribution in [1.29, 1.82) is 0 Å². The van der Waals surface area contributed by atoms with E-state index in [0.29, 0.717) is 6.54 Å². The quantitative estimate of drug-likeness (QED) is 0.748. The van der Waals surface area contributed by atoms with Gasteiger partial charge in [-0.2, -0.15) is 0 Å². The number of hydrogen-bond donors (Lipinski definition) is 3. The maximum atomic E-state index is 11.6.